The van der Waals surface area contributed by atoms with Crippen molar-refractivity contribution in [3.8, 4) is 5.75 Å². The molecule has 150 valence electrons. The predicted molar refractivity (Wildman–Crippen MR) is 104 cm³/mol. The van der Waals surface area contributed by atoms with Crippen molar-refractivity contribution in [2.45, 2.75) is 38.6 Å². The quantitative estimate of drug-likeness (QED) is 0.388. The standard InChI is InChI=1S/C19H31NO5.ClH/c1-16(20)17-8-6-9-18(14-17)25-13-5-3-4-10-23-11-7-12-24-15-19(21)22-2;/h6,8-9,14,16H,3-5,7,10-13,15,20H2,1-2H3;1H/t16-;/m0./s1. The smallest absolute Gasteiger partial charge is 0.331 e. The maximum absolute atomic E-state index is 10.8. The second kappa shape index (κ2) is 15.9. The minimum Gasteiger partial charge on any atom is -0.494 e. The number of rotatable bonds is 14. The largest absolute Gasteiger partial charge is 0.494 e. The second-order valence-corrected chi connectivity index (χ2v) is 5.86. The summed E-state index contributed by atoms with van der Waals surface area (Å²) >= 11 is 0. The molecule has 26 heavy (non-hydrogen) atoms. The predicted octanol–water partition coefficient (Wildman–Crippen LogP) is 3.27. The molecule has 7 heteroatoms. The van der Waals surface area contributed by atoms with Gasteiger partial charge in [-0.05, 0) is 50.3 Å². The molecule has 0 heterocycles. The monoisotopic (exact) mass is 389 g/mol. The van der Waals surface area contributed by atoms with Gasteiger partial charge < -0.3 is 24.7 Å². The average molecular weight is 390 g/mol. The first-order chi connectivity index (χ1) is 12.1. The lowest BCUT2D eigenvalue weighted by Crippen LogP contribution is -2.11. The van der Waals surface area contributed by atoms with Crippen LogP contribution in [0.5, 0.6) is 5.75 Å². The maximum atomic E-state index is 10.8. The van der Waals surface area contributed by atoms with Crippen molar-refractivity contribution in [1.29, 1.82) is 0 Å². The minimum absolute atomic E-state index is 0. The van der Waals surface area contributed by atoms with Gasteiger partial charge in [-0.15, -0.1) is 12.4 Å². The number of hydrogen-bond acceptors (Lipinski definition) is 6. The fourth-order valence-electron chi connectivity index (χ4n) is 2.14. The summed E-state index contributed by atoms with van der Waals surface area (Å²) in [7, 11) is 1.34. The molecule has 0 aliphatic heterocycles. The van der Waals surface area contributed by atoms with Crippen LogP contribution in [0.1, 0.15) is 44.2 Å². The molecule has 0 amide bonds. The Morgan fingerprint density at radius 1 is 1.04 bits per heavy atom. The highest BCUT2D eigenvalue weighted by Crippen LogP contribution is 2.17. The SMILES string of the molecule is COC(=O)COCCCOCCCCCOc1cccc([C@H](C)N)c1.Cl. The number of benzene rings is 1. The van der Waals surface area contributed by atoms with Gasteiger partial charge in [0.1, 0.15) is 12.4 Å². The maximum Gasteiger partial charge on any atom is 0.331 e. The molecule has 0 bridgehead atoms. The van der Waals surface area contributed by atoms with Crippen LogP contribution in [0.3, 0.4) is 0 Å². The zero-order chi connectivity index (χ0) is 18.3. The average Bonchev–Trinajstić information content (AvgIpc) is 2.62. The first kappa shape index (κ1) is 24.7. The Labute approximate surface area is 162 Å². The number of halogens is 1. The van der Waals surface area contributed by atoms with E-state index in [9.17, 15) is 4.79 Å². The van der Waals surface area contributed by atoms with E-state index in [1.165, 1.54) is 7.11 Å². The third-order valence-electron chi connectivity index (χ3n) is 3.61. The van der Waals surface area contributed by atoms with Gasteiger partial charge in [-0.2, -0.15) is 0 Å². The van der Waals surface area contributed by atoms with Crippen molar-refractivity contribution in [1.82, 2.24) is 0 Å². The van der Waals surface area contributed by atoms with Crippen molar-refractivity contribution in [3.05, 3.63) is 29.8 Å². The highest BCUT2D eigenvalue weighted by molar-refractivity contribution is 5.85. The molecule has 0 aliphatic rings. The van der Waals surface area contributed by atoms with E-state index in [0.717, 1.165) is 43.6 Å². The van der Waals surface area contributed by atoms with Gasteiger partial charge in [-0.1, -0.05) is 12.1 Å². The summed E-state index contributed by atoms with van der Waals surface area (Å²) < 4.78 is 20.9. The molecule has 0 aliphatic carbocycles. The molecule has 1 aromatic rings. The number of nitrogens with two attached hydrogens (primary N) is 1. The Morgan fingerprint density at radius 2 is 1.73 bits per heavy atom. The summed E-state index contributed by atoms with van der Waals surface area (Å²) in [6, 6.07) is 7.95. The summed E-state index contributed by atoms with van der Waals surface area (Å²) in [5.41, 5.74) is 6.95. The molecule has 0 radical (unpaired) electrons. The van der Waals surface area contributed by atoms with E-state index in [1.54, 1.807) is 0 Å². The van der Waals surface area contributed by atoms with Crippen LogP contribution in [0.15, 0.2) is 24.3 Å². The zero-order valence-corrected chi connectivity index (χ0v) is 16.6. The molecule has 0 saturated carbocycles. The van der Waals surface area contributed by atoms with E-state index in [4.69, 9.17) is 19.9 Å². The number of carbonyl (C=O) groups excluding carboxylic acids is 1. The Balaban J connectivity index is 0.00000625. The minimum atomic E-state index is -0.354. The highest BCUT2D eigenvalue weighted by Gasteiger charge is 2.01. The molecule has 1 atom stereocenters. The van der Waals surface area contributed by atoms with E-state index in [-0.39, 0.29) is 31.0 Å². The number of unbranched alkanes of at least 4 members (excludes halogenated alkanes) is 2. The van der Waals surface area contributed by atoms with Gasteiger partial charge in [0.05, 0.1) is 13.7 Å². The van der Waals surface area contributed by atoms with Crippen LogP contribution < -0.4 is 10.5 Å². The summed E-state index contributed by atoms with van der Waals surface area (Å²) in [4.78, 5) is 10.8. The van der Waals surface area contributed by atoms with Gasteiger partial charge in [0.15, 0.2) is 0 Å². The Morgan fingerprint density at radius 3 is 2.46 bits per heavy atom. The topological polar surface area (TPSA) is 80.0 Å². The Bertz CT molecular complexity index is 485. The summed E-state index contributed by atoms with van der Waals surface area (Å²) in [5.74, 6) is 0.519. The lowest BCUT2D eigenvalue weighted by molar-refractivity contribution is -0.146. The summed E-state index contributed by atoms with van der Waals surface area (Å²) in [6.07, 6.45) is 3.84. The van der Waals surface area contributed by atoms with Crippen LogP contribution in [0, 0.1) is 0 Å². The fraction of sp³-hybridized carbons (Fsp3) is 0.632. The molecule has 0 fully saturated rings. The molecule has 0 unspecified atom stereocenters. The fourth-order valence-corrected chi connectivity index (χ4v) is 2.14. The van der Waals surface area contributed by atoms with Crippen LogP contribution in [0.25, 0.3) is 0 Å². The van der Waals surface area contributed by atoms with Gasteiger partial charge >= 0.3 is 5.97 Å². The molecule has 2 N–H and O–H groups in total. The third-order valence-corrected chi connectivity index (χ3v) is 3.61. The van der Waals surface area contributed by atoms with Crippen LogP contribution in [0.2, 0.25) is 0 Å². The van der Waals surface area contributed by atoms with Gasteiger partial charge in [0, 0.05) is 25.9 Å². The van der Waals surface area contributed by atoms with Crippen molar-refractivity contribution < 1.29 is 23.7 Å². The number of ether oxygens (including phenoxy) is 4. The van der Waals surface area contributed by atoms with Gasteiger partial charge in [0.2, 0.25) is 0 Å². The van der Waals surface area contributed by atoms with E-state index >= 15 is 0 Å². The van der Waals surface area contributed by atoms with Crippen LogP contribution in [-0.4, -0.2) is 46.1 Å². The Kier molecular flexibility index (Phi) is 15.1. The Hall–Kier alpha value is -1.34. The number of hydrogen-bond donors (Lipinski definition) is 1. The van der Waals surface area contributed by atoms with Crippen LogP contribution in [-0.2, 0) is 19.0 Å². The van der Waals surface area contributed by atoms with E-state index in [0.29, 0.717) is 19.8 Å². The number of methoxy groups -OCH3 is 1. The molecule has 0 aromatic heterocycles. The van der Waals surface area contributed by atoms with Gasteiger partial charge in [-0.25, -0.2) is 4.79 Å². The first-order valence-electron chi connectivity index (χ1n) is 8.84. The molecule has 6 nitrogen and oxygen atoms in total. The van der Waals surface area contributed by atoms with Crippen LogP contribution in [0.4, 0.5) is 0 Å². The van der Waals surface area contributed by atoms with E-state index < -0.39 is 0 Å². The van der Waals surface area contributed by atoms with Gasteiger partial charge in [0.25, 0.3) is 0 Å². The highest BCUT2D eigenvalue weighted by atomic mass is 35.5. The number of carbonyl (C=O) groups is 1. The van der Waals surface area contributed by atoms with Gasteiger partial charge in [-0.3, -0.25) is 0 Å². The molecule has 0 spiro atoms. The molecular weight excluding hydrogens is 358 g/mol. The molecular formula is C19H32ClNO5. The van der Waals surface area contributed by atoms with E-state index in [2.05, 4.69) is 4.74 Å². The second-order valence-electron chi connectivity index (χ2n) is 5.86. The normalized spacial score (nSPS) is 11.5. The zero-order valence-electron chi connectivity index (χ0n) is 15.8. The van der Waals surface area contributed by atoms with Crippen LogP contribution >= 0.6 is 12.4 Å². The van der Waals surface area contributed by atoms with E-state index in [1.807, 2.05) is 31.2 Å². The number of esters is 1. The van der Waals surface area contributed by atoms with Crippen molar-refractivity contribution in [3.63, 3.8) is 0 Å². The molecule has 1 aromatic carbocycles. The lowest BCUT2D eigenvalue weighted by Gasteiger charge is -2.10. The summed E-state index contributed by atoms with van der Waals surface area (Å²) in [5, 5.41) is 0. The molecule has 1 rings (SSSR count). The summed E-state index contributed by atoms with van der Waals surface area (Å²) in [6.45, 7) is 4.54. The first-order valence-corrected chi connectivity index (χ1v) is 8.84. The molecule has 0 saturated heterocycles. The third kappa shape index (κ3) is 12.1. The van der Waals surface area contributed by atoms with Crippen molar-refractivity contribution in [2.24, 2.45) is 5.73 Å². The van der Waals surface area contributed by atoms with Crippen molar-refractivity contribution >= 4 is 18.4 Å². The van der Waals surface area contributed by atoms with Crippen molar-refractivity contribution in [2.75, 3.05) is 40.1 Å². The lowest BCUT2D eigenvalue weighted by atomic mass is 10.1.